The van der Waals surface area contributed by atoms with Gasteiger partial charge in [-0.2, -0.15) is 0 Å². The van der Waals surface area contributed by atoms with Crippen LogP contribution in [0, 0.1) is 28.4 Å². The molecule has 4 aliphatic rings. The third-order valence-electron chi connectivity index (χ3n) is 9.20. The third kappa shape index (κ3) is 6.29. The SMILES string of the molecule is N[C@@H]1CC(F)(F)C[C@@]2(CCN(c3cccc(F)c3)C2=O)C1.O=C(O)[C@@H]1CC(F)(F)C[C@@]2(CCN(c3cccc(F)c3)C2=O)C1. The van der Waals surface area contributed by atoms with Crippen LogP contribution in [-0.4, -0.2) is 53.9 Å². The molecule has 6 rings (SSSR count). The van der Waals surface area contributed by atoms with Crippen LogP contribution in [0.4, 0.5) is 37.7 Å². The van der Waals surface area contributed by atoms with E-state index >= 15 is 0 Å². The Morgan fingerprint density at radius 2 is 1.20 bits per heavy atom. The fraction of sp³-hybridized carbons (Fsp3) is 0.516. The van der Waals surface area contributed by atoms with Crippen molar-refractivity contribution in [3.63, 3.8) is 0 Å². The van der Waals surface area contributed by atoms with Crippen molar-refractivity contribution in [2.75, 3.05) is 22.9 Å². The minimum Gasteiger partial charge on any atom is -0.481 e. The molecule has 4 atom stereocenters. The lowest BCUT2D eigenvalue weighted by atomic mass is 9.67. The van der Waals surface area contributed by atoms with Gasteiger partial charge in [0.25, 0.3) is 5.92 Å². The Hall–Kier alpha value is -3.61. The summed E-state index contributed by atoms with van der Waals surface area (Å²) in [7, 11) is 0. The number of hydrogen-bond acceptors (Lipinski definition) is 4. The van der Waals surface area contributed by atoms with Gasteiger partial charge in [0.1, 0.15) is 11.6 Å². The molecule has 2 aliphatic carbocycles. The zero-order valence-corrected chi connectivity index (χ0v) is 23.8. The molecule has 13 heteroatoms. The Morgan fingerprint density at radius 1 is 0.750 bits per heavy atom. The molecule has 7 nitrogen and oxygen atoms in total. The zero-order chi connectivity index (χ0) is 32.1. The molecule has 0 unspecified atom stereocenters. The van der Waals surface area contributed by atoms with Gasteiger partial charge in [0.05, 0.1) is 16.7 Å². The van der Waals surface area contributed by atoms with Gasteiger partial charge in [-0.05, 0) is 62.1 Å². The molecule has 2 amide bonds. The van der Waals surface area contributed by atoms with Crippen LogP contribution in [0.2, 0.25) is 0 Å². The summed E-state index contributed by atoms with van der Waals surface area (Å²) in [6.45, 7) is 0.510. The lowest BCUT2D eigenvalue weighted by Gasteiger charge is -2.39. The van der Waals surface area contributed by atoms with Crippen LogP contribution in [-0.2, 0) is 14.4 Å². The lowest BCUT2D eigenvalue weighted by molar-refractivity contribution is -0.160. The van der Waals surface area contributed by atoms with Crippen molar-refractivity contribution in [2.45, 2.75) is 69.3 Å². The highest BCUT2D eigenvalue weighted by molar-refractivity contribution is 6.01. The van der Waals surface area contributed by atoms with E-state index in [2.05, 4.69) is 0 Å². The number of alkyl halides is 4. The van der Waals surface area contributed by atoms with Gasteiger partial charge in [0.2, 0.25) is 17.7 Å². The molecule has 2 aromatic carbocycles. The largest absolute Gasteiger partial charge is 0.481 e. The van der Waals surface area contributed by atoms with E-state index < -0.39 is 77.4 Å². The third-order valence-corrected chi connectivity index (χ3v) is 9.20. The molecule has 3 N–H and O–H groups in total. The molecule has 238 valence electrons. The van der Waals surface area contributed by atoms with Crippen LogP contribution < -0.4 is 15.5 Å². The molecule has 0 bridgehead atoms. The van der Waals surface area contributed by atoms with Crippen LogP contribution in [0.5, 0.6) is 0 Å². The van der Waals surface area contributed by atoms with Crippen LogP contribution in [0.3, 0.4) is 0 Å². The van der Waals surface area contributed by atoms with Gasteiger partial charge >= 0.3 is 5.97 Å². The van der Waals surface area contributed by atoms with Crippen molar-refractivity contribution >= 4 is 29.2 Å². The van der Waals surface area contributed by atoms with Gasteiger partial charge in [-0.25, -0.2) is 26.3 Å². The summed E-state index contributed by atoms with van der Waals surface area (Å²) in [6.07, 6.45) is -1.55. The first kappa shape index (κ1) is 31.8. The van der Waals surface area contributed by atoms with E-state index in [4.69, 9.17) is 10.8 Å². The summed E-state index contributed by atoms with van der Waals surface area (Å²) < 4.78 is 82.2. The second-order valence-electron chi connectivity index (χ2n) is 12.6. The normalized spacial score (nSPS) is 30.9. The predicted octanol–water partition coefficient (Wildman–Crippen LogP) is 5.76. The number of aliphatic carboxylic acids is 1. The highest BCUT2D eigenvalue weighted by atomic mass is 19.3. The maximum atomic E-state index is 14.0. The Labute approximate surface area is 250 Å². The van der Waals surface area contributed by atoms with Crippen molar-refractivity contribution in [3.05, 3.63) is 60.2 Å². The number of anilines is 2. The van der Waals surface area contributed by atoms with Gasteiger partial charge in [-0.3, -0.25) is 14.4 Å². The van der Waals surface area contributed by atoms with Gasteiger partial charge < -0.3 is 20.6 Å². The lowest BCUT2D eigenvalue weighted by Crippen LogP contribution is -2.49. The van der Waals surface area contributed by atoms with Gasteiger partial charge in [0.15, 0.2) is 0 Å². The molecule has 2 aromatic rings. The molecule has 0 aromatic heterocycles. The monoisotopic (exact) mass is 625 g/mol. The second kappa shape index (κ2) is 11.4. The zero-order valence-electron chi connectivity index (χ0n) is 23.8. The molecule has 4 fully saturated rings. The molecule has 2 heterocycles. The van der Waals surface area contributed by atoms with Gasteiger partial charge in [-0.1, -0.05) is 12.1 Å². The topological polar surface area (TPSA) is 104 Å². The highest BCUT2D eigenvalue weighted by Gasteiger charge is 2.59. The van der Waals surface area contributed by atoms with Crippen LogP contribution in [0.1, 0.15) is 51.4 Å². The average Bonchev–Trinajstić information content (AvgIpc) is 3.37. The quantitative estimate of drug-likeness (QED) is 0.422. The standard InChI is InChI=1S/C16H16F3NO3.C15H17F3N2O/c17-11-2-1-3-12(6-11)20-5-4-15(14(20)23)7-10(13(21)22)8-16(18,19)9-15;16-10-2-1-3-12(6-10)20-5-4-14(13(20)21)7-11(19)8-15(17,18)9-14/h1-3,6,10H,4-5,7-9H2,(H,21,22);1-3,6,11H,4-5,7-9,19H2/t10-,15+;11-,14+/m00/s1. The van der Waals surface area contributed by atoms with Crippen molar-refractivity contribution < 1.29 is 45.8 Å². The van der Waals surface area contributed by atoms with E-state index in [9.17, 15) is 40.7 Å². The van der Waals surface area contributed by atoms with E-state index in [0.717, 1.165) is 0 Å². The maximum Gasteiger partial charge on any atom is 0.306 e. The molecular weight excluding hydrogens is 592 g/mol. The van der Waals surface area contributed by atoms with Crippen LogP contribution >= 0.6 is 0 Å². The summed E-state index contributed by atoms with van der Waals surface area (Å²) >= 11 is 0. The molecule has 2 saturated carbocycles. The molecule has 2 saturated heterocycles. The van der Waals surface area contributed by atoms with Crippen LogP contribution in [0.15, 0.2) is 48.5 Å². The molecular formula is C31H33F6N3O4. The van der Waals surface area contributed by atoms with E-state index in [1.807, 2.05) is 0 Å². The predicted molar refractivity (Wildman–Crippen MR) is 148 cm³/mol. The number of carboxylic acid groups (broad SMARTS) is 1. The number of benzene rings is 2. The Kier molecular flexibility index (Phi) is 8.23. The Balaban J connectivity index is 0.000000175. The van der Waals surface area contributed by atoms with E-state index in [0.29, 0.717) is 24.3 Å². The number of nitrogens with zero attached hydrogens (tertiary/aromatic N) is 2. The highest BCUT2D eigenvalue weighted by Crippen LogP contribution is 2.53. The molecule has 2 spiro atoms. The minimum absolute atomic E-state index is 0.0947. The first-order valence-electron chi connectivity index (χ1n) is 14.4. The molecule has 0 radical (unpaired) electrons. The number of nitrogens with two attached hydrogens (primary N) is 1. The van der Waals surface area contributed by atoms with Crippen LogP contribution in [0.25, 0.3) is 0 Å². The number of rotatable bonds is 3. The van der Waals surface area contributed by atoms with Crippen molar-refractivity contribution in [1.29, 1.82) is 0 Å². The summed E-state index contributed by atoms with van der Waals surface area (Å²) in [5.41, 5.74) is 3.97. The molecule has 2 aliphatic heterocycles. The number of carbonyl (C=O) groups excluding carboxylic acids is 2. The van der Waals surface area contributed by atoms with E-state index in [-0.39, 0.29) is 38.1 Å². The number of carboxylic acids is 1. The fourth-order valence-electron chi connectivity index (χ4n) is 7.44. The number of halogens is 6. The first-order chi connectivity index (χ1) is 20.5. The summed E-state index contributed by atoms with van der Waals surface area (Å²) in [6, 6.07) is 10.4. The minimum atomic E-state index is -3.19. The van der Waals surface area contributed by atoms with Crippen molar-refractivity contribution in [2.24, 2.45) is 22.5 Å². The van der Waals surface area contributed by atoms with Gasteiger partial charge in [-0.15, -0.1) is 0 Å². The molecule has 44 heavy (non-hydrogen) atoms. The number of hydrogen-bond donors (Lipinski definition) is 2. The maximum absolute atomic E-state index is 14.0. The van der Waals surface area contributed by atoms with E-state index in [1.165, 1.54) is 52.3 Å². The fourth-order valence-corrected chi connectivity index (χ4v) is 7.44. The Bertz CT molecular complexity index is 1460. The van der Waals surface area contributed by atoms with Crippen molar-refractivity contribution in [1.82, 2.24) is 0 Å². The average molecular weight is 626 g/mol. The summed E-state index contributed by atoms with van der Waals surface area (Å²) in [5, 5.41) is 9.11. The first-order valence-corrected chi connectivity index (χ1v) is 14.4. The van der Waals surface area contributed by atoms with Crippen molar-refractivity contribution in [3.8, 4) is 0 Å². The number of amides is 2. The second-order valence-corrected chi connectivity index (χ2v) is 12.6. The Morgan fingerprint density at radius 3 is 1.64 bits per heavy atom. The van der Waals surface area contributed by atoms with E-state index in [1.54, 1.807) is 6.07 Å². The van der Waals surface area contributed by atoms with Gasteiger partial charge in [0, 0.05) is 56.2 Å². The summed E-state index contributed by atoms with van der Waals surface area (Å²) in [5.74, 6) is -10.5. The smallest absolute Gasteiger partial charge is 0.306 e. The number of carbonyl (C=O) groups is 3. The summed E-state index contributed by atoms with van der Waals surface area (Å²) in [4.78, 5) is 39.2.